The van der Waals surface area contributed by atoms with Crippen LogP contribution in [0.25, 0.3) is 5.76 Å². The minimum absolute atomic E-state index is 0.0796. The highest BCUT2D eigenvalue weighted by Gasteiger charge is 2.49. The van der Waals surface area contributed by atoms with E-state index in [4.69, 9.17) is 32.7 Å². The van der Waals surface area contributed by atoms with Gasteiger partial charge in [-0.25, -0.2) is 9.78 Å². The van der Waals surface area contributed by atoms with Crippen molar-refractivity contribution < 1.29 is 29.0 Å². The zero-order valence-electron chi connectivity index (χ0n) is 19.6. The van der Waals surface area contributed by atoms with Crippen LogP contribution in [-0.4, -0.2) is 42.0 Å². The minimum Gasteiger partial charge on any atom is -0.507 e. The number of aryl methyl sites for hydroxylation is 2. The molecule has 1 N–H and O–H groups in total. The van der Waals surface area contributed by atoms with Crippen molar-refractivity contribution in [2.24, 2.45) is 0 Å². The van der Waals surface area contributed by atoms with Gasteiger partial charge in [0.2, 0.25) is 0 Å². The van der Waals surface area contributed by atoms with Gasteiger partial charge >= 0.3 is 11.9 Å². The number of esters is 1. The Hall–Kier alpha value is -3.40. The molecule has 0 spiro atoms. The van der Waals surface area contributed by atoms with E-state index in [1.54, 1.807) is 44.2 Å². The molecule has 186 valence electrons. The van der Waals surface area contributed by atoms with Gasteiger partial charge < -0.3 is 14.6 Å². The van der Waals surface area contributed by atoms with Crippen LogP contribution in [0.3, 0.4) is 0 Å². The molecular weight excluding hydrogens is 527 g/mol. The van der Waals surface area contributed by atoms with Gasteiger partial charge in [0.1, 0.15) is 16.4 Å². The van der Waals surface area contributed by atoms with Gasteiger partial charge in [0.25, 0.3) is 5.78 Å². The molecule has 0 saturated carbocycles. The summed E-state index contributed by atoms with van der Waals surface area (Å²) in [5.74, 6) is -2.27. The molecule has 1 aliphatic rings. The molecule has 0 radical (unpaired) electrons. The number of methoxy groups -OCH3 is 2. The number of aromatic nitrogens is 1. The highest BCUT2D eigenvalue weighted by molar-refractivity contribution is 7.17. The van der Waals surface area contributed by atoms with Crippen molar-refractivity contribution in [3.05, 3.63) is 79.3 Å². The van der Waals surface area contributed by atoms with E-state index in [1.807, 2.05) is 0 Å². The number of ether oxygens (including phenoxy) is 2. The van der Waals surface area contributed by atoms with E-state index in [9.17, 15) is 19.5 Å². The predicted molar refractivity (Wildman–Crippen MR) is 137 cm³/mol. The van der Waals surface area contributed by atoms with Gasteiger partial charge in [0.05, 0.1) is 31.5 Å². The van der Waals surface area contributed by atoms with Crippen LogP contribution in [0, 0.1) is 13.8 Å². The third kappa shape index (κ3) is 4.34. The molecule has 1 aliphatic heterocycles. The normalized spacial score (nSPS) is 16.9. The zero-order valence-corrected chi connectivity index (χ0v) is 21.9. The van der Waals surface area contributed by atoms with Gasteiger partial charge in [-0.1, -0.05) is 40.6 Å². The van der Waals surface area contributed by atoms with Crippen molar-refractivity contribution in [2.75, 3.05) is 19.1 Å². The van der Waals surface area contributed by atoms with Crippen LogP contribution in [0.1, 0.15) is 38.1 Å². The lowest BCUT2D eigenvalue weighted by molar-refractivity contribution is -0.132. The summed E-state index contributed by atoms with van der Waals surface area (Å²) < 4.78 is 10.1. The Kier molecular flexibility index (Phi) is 7.08. The summed E-state index contributed by atoms with van der Waals surface area (Å²) in [6, 6.07) is 8.35. The molecule has 11 heteroatoms. The maximum absolute atomic E-state index is 13.3. The van der Waals surface area contributed by atoms with Crippen LogP contribution in [0.15, 0.2) is 42.0 Å². The van der Waals surface area contributed by atoms with Gasteiger partial charge in [-0.05, 0) is 55.3 Å². The second-order valence-corrected chi connectivity index (χ2v) is 9.74. The summed E-state index contributed by atoms with van der Waals surface area (Å²) in [6.45, 7) is 3.38. The van der Waals surface area contributed by atoms with Crippen molar-refractivity contribution in [3.8, 4) is 5.75 Å². The van der Waals surface area contributed by atoms with E-state index >= 15 is 0 Å². The Balaban J connectivity index is 1.97. The van der Waals surface area contributed by atoms with Gasteiger partial charge in [-0.3, -0.25) is 14.5 Å². The number of ketones is 1. The number of carbonyl (C=O) groups excluding carboxylic acids is 3. The third-order valence-corrected chi connectivity index (χ3v) is 7.43. The quantitative estimate of drug-likeness (QED) is 0.195. The summed E-state index contributed by atoms with van der Waals surface area (Å²) in [4.78, 5) is 44.5. The molecule has 8 nitrogen and oxygen atoms in total. The molecular formula is C25H20Cl2N2O6S. The first-order valence-electron chi connectivity index (χ1n) is 10.6. The highest BCUT2D eigenvalue weighted by Crippen LogP contribution is 2.46. The lowest BCUT2D eigenvalue weighted by Crippen LogP contribution is -2.29. The maximum atomic E-state index is 13.3. The number of aliphatic hydroxyl groups is 1. The number of carbonyl (C=O) groups is 3. The molecule has 2 aromatic carbocycles. The molecule has 1 saturated heterocycles. The smallest absolute Gasteiger partial charge is 0.350 e. The number of aliphatic hydroxyl groups excluding tert-OH is 1. The Labute approximate surface area is 220 Å². The number of Topliss-reactive ketones (excluding diaryl/α,β-unsaturated/α-hetero) is 1. The first-order chi connectivity index (χ1) is 17.1. The molecule has 1 fully saturated rings. The molecule has 0 aliphatic carbocycles. The molecule has 1 atom stereocenters. The Morgan fingerprint density at radius 2 is 1.83 bits per heavy atom. The van der Waals surface area contributed by atoms with Crippen LogP contribution >= 0.6 is 34.5 Å². The first-order valence-corrected chi connectivity index (χ1v) is 12.1. The van der Waals surface area contributed by atoms with Crippen LogP contribution < -0.4 is 9.64 Å². The highest BCUT2D eigenvalue weighted by atomic mass is 35.5. The Morgan fingerprint density at radius 1 is 1.11 bits per heavy atom. The number of hydrogen-bond acceptors (Lipinski definition) is 8. The number of benzene rings is 2. The van der Waals surface area contributed by atoms with E-state index in [1.165, 1.54) is 20.3 Å². The Bertz CT molecular complexity index is 1450. The number of halogens is 2. The third-order valence-electron chi connectivity index (χ3n) is 5.73. The maximum Gasteiger partial charge on any atom is 0.350 e. The lowest BCUT2D eigenvalue weighted by Gasteiger charge is -2.24. The van der Waals surface area contributed by atoms with Crippen molar-refractivity contribution in [2.45, 2.75) is 19.9 Å². The Morgan fingerprint density at radius 3 is 2.44 bits per heavy atom. The van der Waals surface area contributed by atoms with Crippen LogP contribution in [0.5, 0.6) is 5.75 Å². The largest absolute Gasteiger partial charge is 0.507 e. The molecule has 36 heavy (non-hydrogen) atoms. The van der Waals surface area contributed by atoms with Crippen LogP contribution in [-0.2, 0) is 14.3 Å². The minimum atomic E-state index is -1.13. The monoisotopic (exact) mass is 546 g/mol. The summed E-state index contributed by atoms with van der Waals surface area (Å²) in [7, 11) is 2.76. The fourth-order valence-electron chi connectivity index (χ4n) is 4.00. The summed E-state index contributed by atoms with van der Waals surface area (Å²) in [6.07, 6.45) is 0. The van der Waals surface area contributed by atoms with E-state index in [-0.39, 0.29) is 26.4 Å². The number of thiazole rings is 1. The first kappa shape index (κ1) is 25.7. The van der Waals surface area contributed by atoms with Crippen LogP contribution in [0.2, 0.25) is 10.0 Å². The molecule has 0 bridgehead atoms. The van der Waals surface area contributed by atoms with Crippen molar-refractivity contribution in [3.63, 3.8) is 0 Å². The summed E-state index contributed by atoms with van der Waals surface area (Å²) in [5, 5.41) is 11.9. The molecule has 1 aromatic heterocycles. The number of anilines is 1. The molecule has 1 amide bonds. The van der Waals surface area contributed by atoms with E-state index in [0.29, 0.717) is 27.6 Å². The van der Waals surface area contributed by atoms with Gasteiger partial charge in [-0.2, -0.15) is 0 Å². The van der Waals surface area contributed by atoms with E-state index < -0.39 is 23.7 Å². The van der Waals surface area contributed by atoms with Crippen LogP contribution in [0.4, 0.5) is 5.13 Å². The average molecular weight is 547 g/mol. The number of hydrogen-bond donors (Lipinski definition) is 1. The van der Waals surface area contributed by atoms with Crippen molar-refractivity contribution >= 4 is 63.1 Å². The van der Waals surface area contributed by atoms with Gasteiger partial charge in [0.15, 0.2) is 5.13 Å². The van der Waals surface area contributed by atoms with E-state index in [0.717, 1.165) is 21.8 Å². The van der Waals surface area contributed by atoms with E-state index in [2.05, 4.69) is 4.98 Å². The fourth-order valence-corrected chi connectivity index (χ4v) is 5.52. The number of nitrogens with zero attached hydrogens (tertiary/aromatic N) is 2. The summed E-state index contributed by atoms with van der Waals surface area (Å²) in [5.41, 5.74) is 1.53. The molecule has 4 rings (SSSR count). The molecule has 0 unspecified atom stereocenters. The van der Waals surface area contributed by atoms with Gasteiger partial charge in [0, 0.05) is 15.6 Å². The van der Waals surface area contributed by atoms with Gasteiger partial charge in [-0.15, -0.1) is 0 Å². The standard InChI is InChI=1S/C25H20Cl2N2O6S/c1-11-9-13(5-8-17(11)34-3)20(30)18-19(15-7-6-14(26)10-16(15)27)29(23(32)21(18)31)25-28-12(2)22(36-25)24(33)35-4/h5-10,19,30H,1-4H3/t19-/m0/s1. The zero-order chi connectivity index (χ0) is 26.3. The van der Waals surface area contributed by atoms with Crippen molar-refractivity contribution in [1.82, 2.24) is 4.98 Å². The molecule has 3 aromatic rings. The molecule has 2 heterocycles. The predicted octanol–water partition coefficient (Wildman–Crippen LogP) is 5.49. The lowest BCUT2D eigenvalue weighted by atomic mass is 9.95. The second-order valence-electron chi connectivity index (χ2n) is 7.92. The average Bonchev–Trinajstić information content (AvgIpc) is 3.34. The SMILES string of the molecule is COC(=O)c1sc(N2C(=O)C(=O)C(=C(O)c3ccc(OC)c(C)c3)[C@@H]2c2ccc(Cl)cc2Cl)nc1C. The topological polar surface area (TPSA) is 106 Å². The number of rotatable bonds is 5. The summed E-state index contributed by atoms with van der Waals surface area (Å²) >= 11 is 13.5. The second kappa shape index (κ2) is 9.93. The number of amides is 1. The fraction of sp³-hybridized carbons (Fsp3) is 0.200. The van der Waals surface area contributed by atoms with Crippen molar-refractivity contribution in [1.29, 1.82) is 0 Å².